The van der Waals surface area contributed by atoms with E-state index in [1.54, 1.807) is 48.5 Å². The highest BCUT2D eigenvalue weighted by Crippen LogP contribution is 2.27. The molecule has 0 spiro atoms. The number of ether oxygens (including phenoxy) is 2. The molecule has 1 atom stereocenters. The van der Waals surface area contributed by atoms with Crippen LogP contribution in [0.3, 0.4) is 0 Å². The number of benzene rings is 2. The van der Waals surface area contributed by atoms with Crippen molar-refractivity contribution in [2.75, 3.05) is 18.5 Å². The van der Waals surface area contributed by atoms with E-state index < -0.39 is 5.76 Å². The van der Waals surface area contributed by atoms with E-state index in [1.807, 2.05) is 0 Å². The number of rotatable bonds is 7. The van der Waals surface area contributed by atoms with Gasteiger partial charge in [-0.3, -0.25) is 4.79 Å². The summed E-state index contributed by atoms with van der Waals surface area (Å²) in [6.45, 7) is 1.15. The Hall–Kier alpha value is -2.12. The molecule has 2 aromatic rings. The van der Waals surface area contributed by atoms with Crippen molar-refractivity contribution in [1.29, 1.82) is 0 Å². The van der Waals surface area contributed by atoms with Crippen LogP contribution in [0.2, 0.25) is 0 Å². The van der Waals surface area contributed by atoms with Gasteiger partial charge in [0.15, 0.2) is 0 Å². The standard InChI is InChI=1S/C19H19F2NO3S/c20-19(21)26-15-9-7-13(8-10-15)22-18(23)16-5-1-2-6-17(16)25-12-14-4-3-11-24-14/h1-2,5-10,14,19H,3-4,11-12H2,(H,22,23). The number of nitrogens with one attached hydrogen (secondary N) is 1. The number of amides is 1. The van der Waals surface area contributed by atoms with Gasteiger partial charge in [-0.15, -0.1) is 0 Å². The maximum atomic E-state index is 12.5. The van der Waals surface area contributed by atoms with Gasteiger partial charge >= 0.3 is 0 Å². The van der Waals surface area contributed by atoms with Gasteiger partial charge in [0.2, 0.25) is 0 Å². The van der Waals surface area contributed by atoms with Crippen LogP contribution >= 0.6 is 11.8 Å². The van der Waals surface area contributed by atoms with Crippen LogP contribution in [0.1, 0.15) is 23.2 Å². The Morgan fingerprint density at radius 3 is 2.69 bits per heavy atom. The second kappa shape index (κ2) is 9.00. The SMILES string of the molecule is O=C(Nc1ccc(SC(F)F)cc1)c1ccccc1OCC1CCCO1. The largest absolute Gasteiger partial charge is 0.490 e. The molecule has 138 valence electrons. The van der Waals surface area contributed by atoms with Crippen molar-refractivity contribution in [3.05, 3.63) is 54.1 Å². The first-order chi connectivity index (χ1) is 12.6. The van der Waals surface area contributed by atoms with Crippen molar-refractivity contribution in [2.24, 2.45) is 0 Å². The first kappa shape index (κ1) is 18.7. The van der Waals surface area contributed by atoms with Gasteiger partial charge in [-0.25, -0.2) is 0 Å². The molecular formula is C19H19F2NO3S. The van der Waals surface area contributed by atoms with E-state index in [0.717, 1.165) is 19.4 Å². The predicted molar refractivity (Wildman–Crippen MR) is 97.2 cm³/mol. The monoisotopic (exact) mass is 379 g/mol. The molecule has 1 aliphatic rings. The first-order valence-electron chi connectivity index (χ1n) is 8.31. The van der Waals surface area contributed by atoms with Crippen LogP contribution in [0, 0.1) is 0 Å². The minimum atomic E-state index is -2.47. The zero-order chi connectivity index (χ0) is 18.4. The highest BCUT2D eigenvalue weighted by atomic mass is 32.2. The van der Waals surface area contributed by atoms with Crippen molar-refractivity contribution >= 4 is 23.4 Å². The summed E-state index contributed by atoms with van der Waals surface area (Å²) in [5, 5.41) is 2.76. The maximum absolute atomic E-state index is 12.5. The number of carbonyl (C=O) groups is 1. The van der Waals surface area contributed by atoms with Gasteiger partial charge in [0.1, 0.15) is 12.4 Å². The molecule has 4 nitrogen and oxygen atoms in total. The van der Waals surface area contributed by atoms with E-state index in [1.165, 1.54) is 0 Å². The zero-order valence-electron chi connectivity index (χ0n) is 14.0. The number of carbonyl (C=O) groups excluding carboxylic acids is 1. The molecule has 0 bridgehead atoms. The molecule has 0 saturated carbocycles. The normalized spacial score (nSPS) is 16.7. The second-order valence-corrected chi connectivity index (χ2v) is 6.86. The Bertz CT molecular complexity index is 734. The van der Waals surface area contributed by atoms with Crippen LogP contribution < -0.4 is 10.1 Å². The Morgan fingerprint density at radius 1 is 1.23 bits per heavy atom. The maximum Gasteiger partial charge on any atom is 0.288 e. The molecule has 1 fully saturated rings. The van der Waals surface area contributed by atoms with E-state index in [0.29, 0.717) is 40.3 Å². The summed E-state index contributed by atoms with van der Waals surface area (Å²) in [4.78, 5) is 13.0. The number of anilines is 1. The Morgan fingerprint density at radius 2 is 2.00 bits per heavy atom. The fraction of sp³-hybridized carbons (Fsp3) is 0.316. The quantitative estimate of drug-likeness (QED) is 0.701. The summed E-state index contributed by atoms with van der Waals surface area (Å²) in [7, 11) is 0. The van der Waals surface area contributed by atoms with Gasteiger partial charge in [0.05, 0.1) is 11.7 Å². The third-order valence-corrected chi connectivity index (χ3v) is 4.64. The summed E-state index contributed by atoms with van der Waals surface area (Å²) in [6, 6.07) is 13.3. The predicted octanol–water partition coefficient (Wildman–Crippen LogP) is 4.81. The third-order valence-electron chi connectivity index (χ3n) is 3.92. The van der Waals surface area contributed by atoms with Crippen LogP contribution in [-0.2, 0) is 4.74 Å². The molecule has 0 aromatic heterocycles. The number of halogens is 2. The summed E-state index contributed by atoms with van der Waals surface area (Å²) >= 11 is 0.466. The third kappa shape index (κ3) is 5.19. The molecule has 3 rings (SSSR count). The molecule has 2 aromatic carbocycles. The highest BCUT2D eigenvalue weighted by Gasteiger charge is 2.18. The second-order valence-electron chi connectivity index (χ2n) is 5.80. The molecule has 1 heterocycles. The number of para-hydroxylation sites is 1. The van der Waals surface area contributed by atoms with E-state index in [2.05, 4.69) is 5.32 Å². The van der Waals surface area contributed by atoms with Crippen LogP contribution in [0.4, 0.5) is 14.5 Å². The fourth-order valence-electron chi connectivity index (χ4n) is 2.66. The van der Waals surface area contributed by atoms with Gasteiger partial charge < -0.3 is 14.8 Å². The number of hydrogen-bond donors (Lipinski definition) is 1. The molecular weight excluding hydrogens is 360 g/mol. The minimum absolute atomic E-state index is 0.0611. The van der Waals surface area contributed by atoms with Gasteiger partial charge in [-0.05, 0) is 49.2 Å². The average Bonchev–Trinajstić information content (AvgIpc) is 3.15. The molecule has 1 amide bonds. The van der Waals surface area contributed by atoms with Crippen LogP contribution in [0.25, 0.3) is 0 Å². The highest BCUT2D eigenvalue weighted by molar-refractivity contribution is 7.99. The van der Waals surface area contributed by atoms with Gasteiger partial charge in [-0.1, -0.05) is 23.9 Å². The number of thioether (sulfide) groups is 1. The Kier molecular flexibility index (Phi) is 6.46. The summed E-state index contributed by atoms with van der Waals surface area (Å²) in [5.74, 6) is -2.30. The topological polar surface area (TPSA) is 47.6 Å². The number of alkyl halides is 2. The smallest absolute Gasteiger partial charge is 0.288 e. The fourth-order valence-corrected chi connectivity index (χ4v) is 3.16. The molecule has 0 radical (unpaired) electrons. The van der Waals surface area contributed by atoms with E-state index in [-0.39, 0.29) is 12.0 Å². The number of hydrogen-bond acceptors (Lipinski definition) is 4. The average molecular weight is 379 g/mol. The van der Waals surface area contributed by atoms with E-state index >= 15 is 0 Å². The molecule has 1 saturated heterocycles. The lowest BCUT2D eigenvalue weighted by Crippen LogP contribution is -2.19. The van der Waals surface area contributed by atoms with Crippen LogP contribution in [-0.4, -0.2) is 31.0 Å². The minimum Gasteiger partial charge on any atom is -0.490 e. The van der Waals surface area contributed by atoms with Crippen molar-refractivity contribution in [3.8, 4) is 5.75 Å². The molecule has 1 unspecified atom stereocenters. The van der Waals surface area contributed by atoms with Gasteiger partial charge in [0.25, 0.3) is 11.7 Å². The van der Waals surface area contributed by atoms with Crippen LogP contribution in [0.5, 0.6) is 5.75 Å². The molecule has 1 aliphatic heterocycles. The van der Waals surface area contributed by atoms with Crippen molar-refractivity contribution < 1.29 is 23.0 Å². The van der Waals surface area contributed by atoms with E-state index in [4.69, 9.17) is 9.47 Å². The lowest BCUT2D eigenvalue weighted by atomic mass is 10.1. The van der Waals surface area contributed by atoms with Gasteiger partial charge in [-0.2, -0.15) is 8.78 Å². The Labute approximate surface area is 154 Å². The summed E-state index contributed by atoms with van der Waals surface area (Å²) < 4.78 is 36.0. The van der Waals surface area contributed by atoms with Gasteiger partial charge in [0, 0.05) is 17.2 Å². The van der Waals surface area contributed by atoms with Crippen molar-refractivity contribution in [1.82, 2.24) is 0 Å². The first-order valence-corrected chi connectivity index (χ1v) is 9.19. The molecule has 0 aliphatic carbocycles. The van der Waals surface area contributed by atoms with E-state index in [9.17, 15) is 13.6 Å². The summed E-state index contributed by atoms with van der Waals surface area (Å²) in [5.41, 5.74) is 0.944. The van der Waals surface area contributed by atoms with Crippen molar-refractivity contribution in [3.63, 3.8) is 0 Å². The Balaban J connectivity index is 1.63. The lowest BCUT2D eigenvalue weighted by molar-refractivity contribution is 0.0673. The molecule has 7 heteroatoms. The zero-order valence-corrected chi connectivity index (χ0v) is 14.8. The molecule has 1 N–H and O–H groups in total. The van der Waals surface area contributed by atoms with Crippen molar-refractivity contribution in [2.45, 2.75) is 29.6 Å². The van der Waals surface area contributed by atoms with Crippen LogP contribution in [0.15, 0.2) is 53.4 Å². The molecule has 26 heavy (non-hydrogen) atoms. The lowest BCUT2D eigenvalue weighted by Gasteiger charge is -2.14. The summed E-state index contributed by atoms with van der Waals surface area (Å²) in [6.07, 6.45) is 2.04.